The number of carbonyl (C=O) groups is 1. The summed E-state index contributed by atoms with van der Waals surface area (Å²) in [5.74, 6) is 0.476. The van der Waals surface area contributed by atoms with Crippen molar-refractivity contribution in [1.82, 2.24) is 10.2 Å². The Labute approximate surface area is 163 Å². The van der Waals surface area contributed by atoms with Gasteiger partial charge in [-0.3, -0.25) is 10.1 Å². The number of hydrogen-bond acceptors (Lipinski definition) is 6. The molecule has 6 nitrogen and oxygen atoms in total. The molecule has 0 bridgehead atoms. The fourth-order valence-electron chi connectivity index (χ4n) is 2.50. The van der Waals surface area contributed by atoms with E-state index < -0.39 is 5.91 Å². The van der Waals surface area contributed by atoms with E-state index >= 15 is 0 Å². The van der Waals surface area contributed by atoms with E-state index in [1.807, 2.05) is 37.3 Å². The van der Waals surface area contributed by atoms with Gasteiger partial charge in [-0.2, -0.15) is 5.26 Å². The van der Waals surface area contributed by atoms with Crippen molar-refractivity contribution in [3.8, 4) is 11.8 Å². The van der Waals surface area contributed by atoms with Gasteiger partial charge in [0.2, 0.25) is 5.13 Å². The monoisotopic (exact) mass is 384 g/mol. The van der Waals surface area contributed by atoms with Gasteiger partial charge in [0.1, 0.15) is 22.4 Å². The van der Waals surface area contributed by atoms with Gasteiger partial charge in [0.15, 0.2) is 0 Å². The van der Waals surface area contributed by atoms with E-state index in [2.05, 4.69) is 29.4 Å². The maximum atomic E-state index is 12.5. The molecule has 0 aliphatic rings. The van der Waals surface area contributed by atoms with Crippen LogP contribution in [0.5, 0.6) is 5.75 Å². The van der Waals surface area contributed by atoms with Crippen molar-refractivity contribution in [2.45, 2.75) is 46.0 Å². The number of aromatic nitrogens is 2. The Balaban J connectivity index is 2.17. The van der Waals surface area contributed by atoms with Crippen LogP contribution in [0, 0.1) is 11.3 Å². The summed E-state index contributed by atoms with van der Waals surface area (Å²) in [6.07, 6.45) is 4.34. The molecule has 0 saturated carbocycles. The van der Waals surface area contributed by atoms with Crippen molar-refractivity contribution in [3.63, 3.8) is 0 Å². The van der Waals surface area contributed by atoms with Crippen molar-refractivity contribution in [1.29, 1.82) is 5.26 Å². The Kier molecular flexibility index (Phi) is 7.96. The zero-order chi connectivity index (χ0) is 19.6. The molecule has 0 unspecified atom stereocenters. The summed E-state index contributed by atoms with van der Waals surface area (Å²) in [7, 11) is 0. The quantitative estimate of drug-likeness (QED) is 0.497. The van der Waals surface area contributed by atoms with Gasteiger partial charge in [-0.25, -0.2) is 0 Å². The Morgan fingerprint density at radius 1 is 1.30 bits per heavy atom. The number of hydrogen-bond donors (Lipinski definition) is 1. The van der Waals surface area contributed by atoms with E-state index in [1.165, 1.54) is 17.4 Å². The first-order valence-electron chi connectivity index (χ1n) is 9.11. The van der Waals surface area contributed by atoms with Crippen molar-refractivity contribution >= 4 is 28.5 Å². The van der Waals surface area contributed by atoms with Crippen LogP contribution in [-0.4, -0.2) is 22.7 Å². The Bertz CT molecular complexity index is 835. The molecule has 0 atom stereocenters. The highest BCUT2D eigenvalue weighted by Gasteiger charge is 2.17. The Hall–Kier alpha value is -2.72. The van der Waals surface area contributed by atoms with E-state index in [4.69, 9.17) is 4.74 Å². The minimum absolute atomic E-state index is 0.0122. The molecule has 27 heavy (non-hydrogen) atoms. The van der Waals surface area contributed by atoms with Crippen LogP contribution in [0.4, 0.5) is 5.13 Å². The van der Waals surface area contributed by atoms with Gasteiger partial charge in [-0.05, 0) is 31.4 Å². The molecule has 0 spiro atoms. The maximum absolute atomic E-state index is 12.5. The van der Waals surface area contributed by atoms with Crippen molar-refractivity contribution in [2.75, 3.05) is 11.9 Å². The second-order valence-electron chi connectivity index (χ2n) is 5.97. The van der Waals surface area contributed by atoms with Crippen molar-refractivity contribution in [3.05, 3.63) is 40.4 Å². The number of nitrogens with one attached hydrogen (secondary N) is 1. The summed E-state index contributed by atoms with van der Waals surface area (Å²) in [6.45, 7) is 6.79. The molecule has 142 valence electrons. The van der Waals surface area contributed by atoms with Gasteiger partial charge in [0.05, 0.1) is 6.61 Å². The molecule has 1 amide bonds. The lowest BCUT2D eigenvalue weighted by molar-refractivity contribution is -0.112. The SMILES string of the molecule is CCCOc1ccccc1/C=C(\C#N)C(=O)Nc1nnc(C(CC)CC)s1. The van der Waals surface area contributed by atoms with E-state index in [-0.39, 0.29) is 5.57 Å². The average Bonchev–Trinajstić information content (AvgIpc) is 3.14. The summed E-state index contributed by atoms with van der Waals surface area (Å²) in [5, 5.41) is 21.6. The standard InChI is InChI=1S/C20H24N4O2S/c1-4-11-26-17-10-8-7-9-15(17)12-16(13-21)18(25)22-20-24-23-19(27-20)14(5-2)6-3/h7-10,12,14H,4-6,11H2,1-3H3,(H,22,24,25)/b16-12+. The molecular weight excluding hydrogens is 360 g/mol. The first-order chi connectivity index (χ1) is 13.1. The lowest BCUT2D eigenvalue weighted by Gasteiger charge is -2.08. The zero-order valence-electron chi connectivity index (χ0n) is 15.9. The maximum Gasteiger partial charge on any atom is 0.268 e. The number of para-hydroxylation sites is 1. The van der Waals surface area contributed by atoms with Gasteiger partial charge in [-0.15, -0.1) is 10.2 Å². The number of benzene rings is 1. The molecule has 0 fully saturated rings. The largest absolute Gasteiger partial charge is 0.493 e. The van der Waals surface area contributed by atoms with Crippen LogP contribution in [-0.2, 0) is 4.79 Å². The summed E-state index contributed by atoms with van der Waals surface area (Å²) >= 11 is 1.35. The first-order valence-corrected chi connectivity index (χ1v) is 9.92. The number of anilines is 1. The number of rotatable bonds is 9. The second-order valence-corrected chi connectivity index (χ2v) is 6.98. The fourth-order valence-corrected chi connectivity index (χ4v) is 3.50. The Morgan fingerprint density at radius 2 is 2.04 bits per heavy atom. The Morgan fingerprint density at radius 3 is 2.70 bits per heavy atom. The summed E-state index contributed by atoms with van der Waals surface area (Å²) < 4.78 is 5.68. The van der Waals surface area contributed by atoms with Crippen molar-refractivity contribution < 1.29 is 9.53 Å². The minimum Gasteiger partial charge on any atom is -0.493 e. The van der Waals surface area contributed by atoms with Gasteiger partial charge in [-0.1, -0.05) is 50.3 Å². The lowest BCUT2D eigenvalue weighted by Crippen LogP contribution is -2.13. The average molecular weight is 385 g/mol. The third kappa shape index (κ3) is 5.63. The van der Waals surface area contributed by atoms with Crippen LogP contribution >= 0.6 is 11.3 Å². The highest BCUT2D eigenvalue weighted by Crippen LogP contribution is 2.28. The van der Waals surface area contributed by atoms with E-state index in [0.717, 1.165) is 24.3 Å². The van der Waals surface area contributed by atoms with Gasteiger partial charge in [0, 0.05) is 11.5 Å². The van der Waals surface area contributed by atoms with Crippen LogP contribution in [0.2, 0.25) is 0 Å². The first kappa shape index (κ1) is 20.6. The highest BCUT2D eigenvalue weighted by molar-refractivity contribution is 7.15. The summed E-state index contributed by atoms with van der Waals surface area (Å²) in [6, 6.07) is 9.28. The molecule has 2 rings (SSSR count). The molecule has 1 aromatic heterocycles. The molecule has 2 aromatic rings. The molecule has 1 aromatic carbocycles. The van der Waals surface area contributed by atoms with Crippen molar-refractivity contribution in [2.24, 2.45) is 0 Å². The summed E-state index contributed by atoms with van der Waals surface area (Å²) in [5.41, 5.74) is 0.675. The third-order valence-electron chi connectivity index (χ3n) is 4.04. The molecule has 0 aliphatic heterocycles. The topological polar surface area (TPSA) is 87.9 Å². The third-order valence-corrected chi connectivity index (χ3v) is 5.04. The van der Waals surface area contributed by atoms with E-state index in [9.17, 15) is 10.1 Å². The molecule has 0 saturated heterocycles. The highest BCUT2D eigenvalue weighted by atomic mass is 32.1. The molecule has 1 heterocycles. The van der Waals surface area contributed by atoms with Gasteiger partial charge >= 0.3 is 0 Å². The molecule has 1 N–H and O–H groups in total. The number of carbonyl (C=O) groups excluding carboxylic acids is 1. The second kappa shape index (κ2) is 10.4. The molecular formula is C20H24N4O2S. The molecule has 7 heteroatoms. The lowest BCUT2D eigenvalue weighted by atomic mass is 10.1. The van der Waals surface area contributed by atoms with E-state index in [0.29, 0.717) is 29.0 Å². The molecule has 0 aliphatic carbocycles. The predicted molar refractivity (Wildman–Crippen MR) is 108 cm³/mol. The van der Waals surface area contributed by atoms with Crippen LogP contribution < -0.4 is 10.1 Å². The van der Waals surface area contributed by atoms with E-state index in [1.54, 1.807) is 0 Å². The molecule has 0 radical (unpaired) electrons. The fraction of sp³-hybridized carbons (Fsp3) is 0.400. The number of nitriles is 1. The zero-order valence-corrected chi connectivity index (χ0v) is 16.7. The van der Waals surface area contributed by atoms with Crippen LogP contribution in [0.1, 0.15) is 56.5 Å². The van der Waals surface area contributed by atoms with Gasteiger partial charge < -0.3 is 4.74 Å². The van der Waals surface area contributed by atoms with Crippen LogP contribution in [0.3, 0.4) is 0 Å². The number of amides is 1. The smallest absolute Gasteiger partial charge is 0.268 e. The normalized spacial score (nSPS) is 11.3. The minimum atomic E-state index is -0.505. The number of ether oxygens (including phenoxy) is 1. The van der Waals surface area contributed by atoms with Crippen LogP contribution in [0.15, 0.2) is 29.8 Å². The predicted octanol–water partition coefficient (Wildman–Crippen LogP) is 4.78. The summed E-state index contributed by atoms with van der Waals surface area (Å²) in [4.78, 5) is 12.5. The van der Waals surface area contributed by atoms with Crippen LogP contribution in [0.25, 0.3) is 6.08 Å². The van der Waals surface area contributed by atoms with Gasteiger partial charge in [0.25, 0.3) is 5.91 Å². The number of nitrogens with zero attached hydrogens (tertiary/aromatic N) is 3.